The Morgan fingerprint density at radius 3 is 2.32 bits per heavy atom. The van der Waals surface area contributed by atoms with Crippen molar-refractivity contribution in [2.75, 3.05) is 32.7 Å². The maximum Gasteiger partial charge on any atom is 0.243 e. The van der Waals surface area contributed by atoms with Crippen LogP contribution in [0.15, 0.2) is 29.2 Å². The van der Waals surface area contributed by atoms with E-state index in [-0.39, 0.29) is 11.9 Å². The number of aryl methyl sites for hydroxylation is 1. The lowest BCUT2D eigenvalue weighted by Gasteiger charge is -2.32. The summed E-state index contributed by atoms with van der Waals surface area (Å²) in [5, 5.41) is 3.16. The molecule has 2 aliphatic heterocycles. The second-order valence-electron chi connectivity index (χ2n) is 7.94. The van der Waals surface area contributed by atoms with Gasteiger partial charge in [0.15, 0.2) is 0 Å². The van der Waals surface area contributed by atoms with Crippen LogP contribution in [0.3, 0.4) is 0 Å². The van der Waals surface area contributed by atoms with E-state index in [1.165, 1.54) is 6.42 Å². The number of amides is 1. The number of nitrogens with zero attached hydrogens (tertiary/aromatic N) is 2. The molecular weight excluding hydrogens is 374 g/mol. The Bertz CT molecular complexity index is 735. The molecule has 0 spiro atoms. The highest BCUT2D eigenvalue weighted by Gasteiger charge is 2.27. The maximum absolute atomic E-state index is 12.6. The molecule has 0 aromatic heterocycles. The Morgan fingerprint density at radius 1 is 1.07 bits per heavy atom. The van der Waals surface area contributed by atoms with Crippen molar-refractivity contribution in [2.45, 2.75) is 62.8 Å². The molecule has 2 saturated heterocycles. The number of sulfonamides is 1. The van der Waals surface area contributed by atoms with E-state index in [0.717, 1.165) is 50.9 Å². The van der Waals surface area contributed by atoms with Gasteiger partial charge in [0.2, 0.25) is 15.9 Å². The highest BCUT2D eigenvalue weighted by Crippen LogP contribution is 2.21. The molecule has 0 bridgehead atoms. The topological polar surface area (TPSA) is 69.7 Å². The number of hydrogen-bond donors (Lipinski definition) is 1. The van der Waals surface area contributed by atoms with Gasteiger partial charge in [-0.1, -0.05) is 19.1 Å². The predicted molar refractivity (Wildman–Crippen MR) is 111 cm³/mol. The van der Waals surface area contributed by atoms with E-state index in [4.69, 9.17) is 0 Å². The van der Waals surface area contributed by atoms with Crippen molar-refractivity contribution in [1.82, 2.24) is 14.5 Å². The van der Waals surface area contributed by atoms with E-state index in [9.17, 15) is 13.2 Å². The van der Waals surface area contributed by atoms with Crippen molar-refractivity contribution in [3.05, 3.63) is 29.8 Å². The predicted octanol–water partition coefficient (Wildman–Crippen LogP) is 2.39. The lowest BCUT2D eigenvalue weighted by Crippen LogP contribution is -2.44. The van der Waals surface area contributed by atoms with Crippen molar-refractivity contribution in [2.24, 2.45) is 0 Å². The first-order valence-corrected chi connectivity index (χ1v) is 12.0. The zero-order chi connectivity index (χ0) is 20.0. The highest BCUT2D eigenvalue weighted by atomic mass is 32.2. The molecule has 1 amide bonds. The molecule has 7 heteroatoms. The van der Waals surface area contributed by atoms with Crippen molar-refractivity contribution in [3.8, 4) is 0 Å². The van der Waals surface area contributed by atoms with Gasteiger partial charge in [0.1, 0.15) is 0 Å². The van der Waals surface area contributed by atoms with Gasteiger partial charge in [0.25, 0.3) is 0 Å². The van der Waals surface area contributed by atoms with Crippen LogP contribution in [0, 0.1) is 0 Å². The minimum atomic E-state index is -3.36. The molecule has 28 heavy (non-hydrogen) atoms. The summed E-state index contributed by atoms with van der Waals surface area (Å²) in [4.78, 5) is 15.1. The first-order valence-electron chi connectivity index (χ1n) is 10.6. The maximum atomic E-state index is 12.6. The standard InChI is InChI=1S/C21H33N3O3S/c1-2-13-23-16-11-19(12-17-23)22-21(25)10-7-18-5-8-20(9-6-18)28(26,27)24-14-3-4-15-24/h5-6,8-9,19H,2-4,7,10-17H2,1H3,(H,22,25). The fraction of sp³-hybridized carbons (Fsp3) is 0.667. The minimum Gasteiger partial charge on any atom is -0.353 e. The quantitative estimate of drug-likeness (QED) is 0.718. The zero-order valence-electron chi connectivity index (χ0n) is 16.9. The monoisotopic (exact) mass is 407 g/mol. The van der Waals surface area contributed by atoms with Gasteiger partial charge in [-0.3, -0.25) is 4.79 Å². The van der Waals surface area contributed by atoms with E-state index in [1.54, 1.807) is 16.4 Å². The third-order valence-corrected chi connectivity index (χ3v) is 7.67. The molecule has 0 aliphatic carbocycles. The van der Waals surface area contributed by atoms with Crippen LogP contribution in [-0.2, 0) is 21.2 Å². The second kappa shape index (κ2) is 9.85. The number of carbonyl (C=O) groups excluding carboxylic acids is 1. The Hall–Kier alpha value is -1.44. The van der Waals surface area contributed by atoms with E-state index in [2.05, 4.69) is 17.1 Å². The summed E-state index contributed by atoms with van der Waals surface area (Å²) >= 11 is 0. The smallest absolute Gasteiger partial charge is 0.243 e. The molecule has 0 unspecified atom stereocenters. The SMILES string of the molecule is CCCN1CCC(NC(=O)CCc2ccc(S(=O)(=O)N3CCCC3)cc2)CC1. The molecule has 3 rings (SSSR count). The van der Waals surface area contributed by atoms with Gasteiger partial charge in [0.05, 0.1) is 4.90 Å². The number of likely N-dealkylation sites (tertiary alicyclic amines) is 1. The van der Waals surface area contributed by atoms with Gasteiger partial charge in [-0.05, 0) is 62.8 Å². The van der Waals surface area contributed by atoms with Crippen molar-refractivity contribution in [1.29, 1.82) is 0 Å². The summed E-state index contributed by atoms with van der Waals surface area (Å²) in [5.41, 5.74) is 0.994. The largest absolute Gasteiger partial charge is 0.353 e. The molecule has 0 atom stereocenters. The van der Waals surface area contributed by atoms with Crippen LogP contribution >= 0.6 is 0 Å². The van der Waals surface area contributed by atoms with Gasteiger partial charge in [-0.25, -0.2) is 8.42 Å². The Balaban J connectivity index is 1.44. The molecular formula is C21H33N3O3S. The second-order valence-corrected chi connectivity index (χ2v) is 9.88. The van der Waals surface area contributed by atoms with Crippen molar-refractivity contribution < 1.29 is 13.2 Å². The number of piperidine rings is 1. The summed E-state index contributed by atoms with van der Waals surface area (Å²) in [6, 6.07) is 7.29. The van der Waals surface area contributed by atoms with Gasteiger partial charge in [-0.15, -0.1) is 0 Å². The number of rotatable bonds is 8. The summed E-state index contributed by atoms with van der Waals surface area (Å²) in [6.45, 7) is 6.69. The van der Waals surface area contributed by atoms with Crippen molar-refractivity contribution >= 4 is 15.9 Å². The molecule has 2 heterocycles. The van der Waals surface area contributed by atoms with Crippen LogP contribution in [-0.4, -0.2) is 62.3 Å². The molecule has 2 fully saturated rings. The van der Waals surface area contributed by atoms with Crippen LogP contribution in [0.5, 0.6) is 0 Å². The normalized spacial score (nSPS) is 19.8. The number of carbonyl (C=O) groups is 1. The first kappa shape index (κ1) is 21.3. The molecule has 1 N–H and O–H groups in total. The fourth-order valence-corrected chi connectivity index (χ4v) is 5.60. The van der Waals surface area contributed by atoms with Crippen LogP contribution in [0.2, 0.25) is 0 Å². The Labute approximate surface area is 169 Å². The summed E-state index contributed by atoms with van der Waals surface area (Å²) in [6.07, 6.45) is 6.16. The molecule has 1 aromatic rings. The first-order chi connectivity index (χ1) is 13.5. The Kier molecular flexibility index (Phi) is 7.48. The van der Waals surface area contributed by atoms with E-state index >= 15 is 0 Å². The van der Waals surface area contributed by atoms with Gasteiger partial charge < -0.3 is 10.2 Å². The highest BCUT2D eigenvalue weighted by molar-refractivity contribution is 7.89. The molecule has 1 aromatic carbocycles. The fourth-order valence-electron chi connectivity index (χ4n) is 4.08. The molecule has 6 nitrogen and oxygen atoms in total. The van der Waals surface area contributed by atoms with Crippen LogP contribution < -0.4 is 5.32 Å². The van der Waals surface area contributed by atoms with Crippen LogP contribution in [0.1, 0.15) is 51.0 Å². The average molecular weight is 408 g/mol. The van der Waals surface area contributed by atoms with E-state index in [1.807, 2.05) is 12.1 Å². The van der Waals surface area contributed by atoms with Gasteiger partial charge >= 0.3 is 0 Å². The van der Waals surface area contributed by atoms with E-state index < -0.39 is 10.0 Å². The van der Waals surface area contributed by atoms with Gasteiger partial charge in [0, 0.05) is 38.6 Å². The minimum absolute atomic E-state index is 0.0858. The third-order valence-electron chi connectivity index (χ3n) is 5.76. The summed E-state index contributed by atoms with van der Waals surface area (Å²) in [7, 11) is -3.36. The zero-order valence-corrected chi connectivity index (χ0v) is 17.7. The van der Waals surface area contributed by atoms with E-state index in [0.29, 0.717) is 30.8 Å². The molecule has 0 radical (unpaired) electrons. The van der Waals surface area contributed by atoms with Crippen LogP contribution in [0.4, 0.5) is 0 Å². The lowest BCUT2D eigenvalue weighted by molar-refractivity contribution is -0.122. The Morgan fingerprint density at radius 2 is 1.71 bits per heavy atom. The van der Waals surface area contributed by atoms with Crippen LogP contribution in [0.25, 0.3) is 0 Å². The number of hydrogen-bond acceptors (Lipinski definition) is 4. The summed E-state index contributed by atoms with van der Waals surface area (Å²) in [5.74, 6) is 0.0858. The number of benzene rings is 1. The summed E-state index contributed by atoms with van der Waals surface area (Å²) < 4.78 is 26.7. The van der Waals surface area contributed by atoms with Gasteiger partial charge in [-0.2, -0.15) is 4.31 Å². The lowest BCUT2D eigenvalue weighted by atomic mass is 10.0. The molecule has 156 valence electrons. The molecule has 2 aliphatic rings. The average Bonchev–Trinajstić information content (AvgIpc) is 3.24. The number of nitrogens with one attached hydrogen (secondary N) is 1. The third kappa shape index (κ3) is 5.55. The molecule has 0 saturated carbocycles. The van der Waals surface area contributed by atoms with Crippen molar-refractivity contribution in [3.63, 3.8) is 0 Å².